The Morgan fingerprint density at radius 2 is 1.67 bits per heavy atom. The Hall–Kier alpha value is -1.77. The highest BCUT2D eigenvalue weighted by atomic mass is 14.9. The molecule has 3 heteroatoms. The van der Waals surface area contributed by atoms with Crippen LogP contribution in [0.4, 0.5) is 0 Å². The molecule has 3 nitrogen and oxygen atoms in total. The Kier molecular flexibility index (Phi) is 1.78. The van der Waals surface area contributed by atoms with Crippen LogP contribution in [0.2, 0.25) is 0 Å². The summed E-state index contributed by atoms with van der Waals surface area (Å²) in [6.45, 7) is 0. The van der Waals surface area contributed by atoms with Gasteiger partial charge in [0.15, 0.2) is 5.82 Å². The summed E-state index contributed by atoms with van der Waals surface area (Å²) in [4.78, 5) is 12.2. The smallest absolute Gasteiger partial charge is 0.178 e. The Morgan fingerprint density at radius 3 is 2.33 bits per heavy atom. The molecule has 2 aromatic rings. The number of nitrogens with zero attached hydrogens (tertiary/aromatic N) is 3. The maximum atomic E-state index is 4.07. The summed E-state index contributed by atoms with van der Waals surface area (Å²) in [5.41, 5.74) is 0.679. The summed E-state index contributed by atoms with van der Waals surface area (Å²) >= 11 is 0. The molecule has 57 valence electrons. The topological polar surface area (TPSA) is 38.7 Å². The predicted molar refractivity (Wildman–Crippen MR) is 44.1 cm³/mol. The standard InChI is InChI=1S/C9H6N3/c1-2-5-10-8(4-1)9-11-6-3-7-12-9/h1-3,5-7H. The Morgan fingerprint density at radius 1 is 0.917 bits per heavy atom. The van der Waals surface area contributed by atoms with Gasteiger partial charge in [-0.1, -0.05) is 6.07 Å². The lowest BCUT2D eigenvalue weighted by atomic mass is 10.3. The molecule has 0 aromatic carbocycles. The van der Waals surface area contributed by atoms with Crippen LogP contribution in [0.25, 0.3) is 11.5 Å². The van der Waals surface area contributed by atoms with E-state index in [1.807, 2.05) is 6.07 Å². The van der Waals surface area contributed by atoms with E-state index in [9.17, 15) is 0 Å². The third-order valence-electron chi connectivity index (χ3n) is 1.38. The van der Waals surface area contributed by atoms with Crippen molar-refractivity contribution in [2.75, 3.05) is 0 Å². The van der Waals surface area contributed by atoms with E-state index in [0.717, 1.165) is 0 Å². The highest BCUT2D eigenvalue weighted by molar-refractivity contribution is 5.46. The molecule has 2 aromatic heterocycles. The average molecular weight is 156 g/mol. The molecule has 12 heavy (non-hydrogen) atoms. The van der Waals surface area contributed by atoms with Crippen molar-refractivity contribution in [2.24, 2.45) is 0 Å². The molecular weight excluding hydrogens is 150 g/mol. The second-order valence-electron chi connectivity index (χ2n) is 2.20. The van der Waals surface area contributed by atoms with Crippen molar-refractivity contribution in [1.29, 1.82) is 0 Å². The van der Waals surface area contributed by atoms with Gasteiger partial charge < -0.3 is 0 Å². The highest BCUT2D eigenvalue weighted by Crippen LogP contribution is 2.06. The lowest BCUT2D eigenvalue weighted by Gasteiger charge is -1.94. The van der Waals surface area contributed by atoms with Crippen molar-refractivity contribution in [3.05, 3.63) is 42.9 Å². The summed E-state index contributed by atoms with van der Waals surface area (Å²) in [6.07, 6.45) is 5.07. The van der Waals surface area contributed by atoms with Gasteiger partial charge in [0.2, 0.25) is 0 Å². The zero-order chi connectivity index (χ0) is 8.23. The summed E-state index contributed by atoms with van der Waals surface area (Å²) in [6, 6.07) is 8.32. The SMILES string of the molecule is [c]1cccnc1-c1ncccn1. The van der Waals surface area contributed by atoms with Gasteiger partial charge >= 0.3 is 0 Å². The van der Waals surface area contributed by atoms with E-state index in [4.69, 9.17) is 0 Å². The van der Waals surface area contributed by atoms with Gasteiger partial charge in [-0.3, -0.25) is 4.98 Å². The highest BCUT2D eigenvalue weighted by Gasteiger charge is 1.97. The van der Waals surface area contributed by atoms with Crippen LogP contribution in [0.1, 0.15) is 0 Å². The zero-order valence-corrected chi connectivity index (χ0v) is 6.31. The van der Waals surface area contributed by atoms with Crippen LogP contribution in [0.5, 0.6) is 0 Å². The van der Waals surface area contributed by atoms with E-state index >= 15 is 0 Å². The Balaban J connectivity index is 2.46. The van der Waals surface area contributed by atoms with E-state index in [2.05, 4.69) is 21.0 Å². The van der Waals surface area contributed by atoms with Crippen molar-refractivity contribution >= 4 is 0 Å². The molecular formula is C9H6N3. The van der Waals surface area contributed by atoms with Crippen LogP contribution in [-0.2, 0) is 0 Å². The van der Waals surface area contributed by atoms with Gasteiger partial charge in [-0.25, -0.2) is 9.97 Å². The van der Waals surface area contributed by atoms with Crippen LogP contribution in [0, 0.1) is 6.07 Å². The summed E-state index contributed by atoms with van der Waals surface area (Å²) in [5.74, 6) is 0.609. The molecule has 1 radical (unpaired) electrons. The van der Waals surface area contributed by atoms with E-state index in [1.165, 1.54) is 0 Å². The molecule has 0 spiro atoms. The fourth-order valence-electron chi connectivity index (χ4n) is 0.869. The number of rotatable bonds is 1. The van der Waals surface area contributed by atoms with Crippen LogP contribution < -0.4 is 0 Å². The van der Waals surface area contributed by atoms with Gasteiger partial charge in [0, 0.05) is 24.7 Å². The predicted octanol–water partition coefficient (Wildman–Crippen LogP) is 1.34. The fraction of sp³-hybridized carbons (Fsp3) is 0. The van der Waals surface area contributed by atoms with E-state index in [0.29, 0.717) is 11.5 Å². The van der Waals surface area contributed by atoms with Gasteiger partial charge in [-0.15, -0.1) is 0 Å². The monoisotopic (exact) mass is 156 g/mol. The first-order chi connectivity index (χ1) is 5.97. The van der Waals surface area contributed by atoms with Crippen LogP contribution in [0.3, 0.4) is 0 Å². The van der Waals surface area contributed by atoms with Crippen LogP contribution in [0.15, 0.2) is 36.8 Å². The summed E-state index contributed by atoms with van der Waals surface area (Å²) in [5, 5.41) is 0. The van der Waals surface area contributed by atoms with Gasteiger partial charge in [0.05, 0.1) is 0 Å². The quantitative estimate of drug-likeness (QED) is 0.625. The molecule has 0 N–H and O–H groups in total. The Labute approximate surface area is 70.1 Å². The van der Waals surface area contributed by atoms with Gasteiger partial charge in [0.25, 0.3) is 0 Å². The van der Waals surface area contributed by atoms with Gasteiger partial charge in [-0.05, 0) is 12.1 Å². The second-order valence-corrected chi connectivity index (χ2v) is 2.20. The van der Waals surface area contributed by atoms with Crippen LogP contribution in [-0.4, -0.2) is 15.0 Å². The molecule has 0 atom stereocenters. The largest absolute Gasteiger partial charge is 0.252 e. The lowest BCUT2D eigenvalue weighted by molar-refractivity contribution is 1.14. The molecule has 0 bridgehead atoms. The van der Waals surface area contributed by atoms with E-state index < -0.39 is 0 Å². The summed E-state index contributed by atoms with van der Waals surface area (Å²) in [7, 11) is 0. The Bertz CT molecular complexity index is 307. The minimum atomic E-state index is 0.609. The van der Waals surface area contributed by atoms with Crippen molar-refractivity contribution in [2.45, 2.75) is 0 Å². The zero-order valence-electron chi connectivity index (χ0n) is 6.31. The normalized spacial score (nSPS) is 9.67. The van der Waals surface area contributed by atoms with Crippen molar-refractivity contribution in [3.63, 3.8) is 0 Å². The number of aromatic nitrogens is 3. The minimum Gasteiger partial charge on any atom is -0.252 e. The fourth-order valence-corrected chi connectivity index (χ4v) is 0.869. The molecule has 0 amide bonds. The summed E-state index contributed by atoms with van der Waals surface area (Å²) < 4.78 is 0. The number of hydrogen-bond donors (Lipinski definition) is 0. The molecule has 0 aliphatic rings. The molecule has 0 saturated heterocycles. The molecule has 0 unspecified atom stereocenters. The van der Waals surface area contributed by atoms with Crippen molar-refractivity contribution < 1.29 is 0 Å². The maximum absolute atomic E-state index is 4.07. The molecule has 2 heterocycles. The third kappa shape index (κ3) is 1.29. The first kappa shape index (κ1) is 6.91. The number of pyridine rings is 1. The lowest BCUT2D eigenvalue weighted by Crippen LogP contribution is -1.88. The number of hydrogen-bond acceptors (Lipinski definition) is 3. The molecule has 0 fully saturated rings. The molecule has 0 aliphatic carbocycles. The average Bonchev–Trinajstić information content (AvgIpc) is 2.21. The van der Waals surface area contributed by atoms with Crippen molar-refractivity contribution in [3.8, 4) is 11.5 Å². The molecule has 0 saturated carbocycles. The third-order valence-corrected chi connectivity index (χ3v) is 1.38. The van der Waals surface area contributed by atoms with Gasteiger partial charge in [0.1, 0.15) is 5.69 Å². The van der Waals surface area contributed by atoms with Crippen LogP contribution >= 0.6 is 0 Å². The first-order valence-corrected chi connectivity index (χ1v) is 3.57. The van der Waals surface area contributed by atoms with E-state index in [-0.39, 0.29) is 0 Å². The minimum absolute atomic E-state index is 0.609. The first-order valence-electron chi connectivity index (χ1n) is 3.57. The van der Waals surface area contributed by atoms with Gasteiger partial charge in [-0.2, -0.15) is 0 Å². The maximum Gasteiger partial charge on any atom is 0.178 e. The molecule has 0 aliphatic heterocycles. The molecule has 2 rings (SSSR count). The van der Waals surface area contributed by atoms with Crippen molar-refractivity contribution in [1.82, 2.24) is 15.0 Å². The second kappa shape index (κ2) is 3.09. The van der Waals surface area contributed by atoms with E-state index in [1.54, 1.807) is 30.7 Å².